The average molecular weight is 237 g/mol. The summed E-state index contributed by atoms with van der Waals surface area (Å²) in [6.07, 6.45) is 2.46. The van der Waals surface area contributed by atoms with Crippen molar-refractivity contribution in [3.63, 3.8) is 0 Å². The Morgan fingerprint density at radius 1 is 1.47 bits per heavy atom. The molecule has 2 rings (SSSR count). The number of nitrogens with two attached hydrogens (primary N) is 1. The van der Waals surface area contributed by atoms with Gasteiger partial charge in [-0.2, -0.15) is 0 Å². The van der Waals surface area contributed by atoms with Gasteiger partial charge in [-0.25, -0.2) is 4.39 Å². The SMILES string of the molecule is CCOC(C1CC1)C(N)c1ccc(F)cc1C. The lowest BCUT2D eigenvalue weighted by Crippen LogP contribution is -2.31. The monoisotopic (exact) mass is 237 g/mol. The minimum Gasteiger partial charge on any atom is -0.376 e. The summed E-state index contributed by atoms with van der Waals surface area (Å²) < 4.78 is 18.8. The molecule has 2 N–H and O–H groups in total. The molecule has 0 amide bonds. The Kier molecular flexibility index (Phi) is 3.79. The molecule has 2 atom stereocenters. The van der Waals surface area contributed by atoms with Crippen LogP contribution in [0.5, 0.6) is 0 Å². The number of rotatable bonds is 5. The van der Waals surface area contributed by atoms with Crippen molar-refractivity contribution in [3.05, 3.63) is 35.1 Å². The van der Waals surface area contributed by atoms with Gasteiger partial charge in [-0.1, -0.05) is 6.07 Å². The van der Waals surface area contributed by atoms with Crippen LogP contribution in [-0.4, -0.2) is 12.7 Å². The quantitative estimate of drug-likeness (QED) is 0.854. The lowest BCUT2D eigenvalue weighted by atomic mass is 9.95. The smallest absolute Gasteiger partial charge is 0.123 e. The third-order valence-electron chi connectivity index (χ3n) is 3.39. The van der Waals surface area contributed by atoms with Crippen molar-refractivity contribution in [3.8, 4) is 0 Å². The summed E-state index contributed by atoms with van der Waals surface area (Å²) in [7, 11) is 0. The fraction of sp³-hybridized carbons (Fsp3) is 0.571. The first-order valence-electron chi connectivity index (χ1n) is 6.26. The zero-order chi connectivity index (χ0) is 12.4. The van der Waals surface area contributed by atoms with Crippen LogP contribution in [0.3, 0.4) is 0 Å². The Morgan fingerprint density at radius 2 is 2.18 bits per heavy atom. The van der Waals surface area contributed by atoms with E-state index in [1.54, 1.807) is 6.07 Å². The van der Waals surface area contributed by atoms with Gasteiger partial charge in [0.1, 0.15) is 5.82 Å². The van der Waals surface area contributed by atoms with E-state index in [0.29, 0.717) is 12.5 Å². The number of ether oxygens (including phenoxy) is 1. The van der Waals surface area contributed by atoms with E-state index in [0.717, 1.165) is 11.1 Å². The summed E-state index contributed by atoms with van der Waals surface area (Å²) in [5, 5.41) is 0. The minimum atomic E-state index is -0.210. The van der Waals surface area contributed by atoms with Gasteiger partial charge in [-0.05, 0) is 55.9 Å². The van der Waals surface area contributed by atoms with Crippen LogP contribution in [0.25, 0.3) is 0 Å². The zero-order valence-electron chi connectivity index (χ0n) is 10.4. The molecule has 3 heteroatoms. The molecule has 0 saturated heterocycles. The highest BCUT2D eigenvalue weighted by atomic mass is 19.1. The minimum absolute atomic E-state index is 0.0733. The van der Waals surface area contributed by atoms with E-state index in [1.165, 1.54) is 25.0 Å². The van der Waals surface area contributed by atoms with Gasteiger partial charge in [-0.15, -0.1) is 0 Å². The van der Waals surface area contributed by atoms with E-state index < -0.39 is 0 Å². The van der Waals surface area contributed by atoms with Crippen LogP contribution in [0.2, 0.25) is 0 Å². The standard InChI is InChI=1S/C14H20FNO/c1-3-17-14(10-4-5-10)13(16)12-7-6-11(15)8-9(12)2/h6-8,10,13-14H,3-5,16H2,1-2H3. The number of halogens is 1. The third kappa shape index (κ3) is 2.85. The van der Waals surface area contributed by atoms with Crippen LogP contribution in [0.1, 0.15) is 36.9 Å². The van der Waals surface area contributed by atoms with Crippen molar-refractivity contribution < 1.29 is 9.13 Å². The summed E-state index contributed by atoms with van der Waals surface area (Å²) in [5.41, 5.74) is 8.17. The van der Waals surface area contributed by atoms with Gasteiger partial charge in [0.25, 0.3) is 0 Å². The normalized spacial score (nSPS) is 19.1. The third-order valence-corrected chi connectivity index (χ3v) is 3.39. The zero-order valence-corrected chi connectivity index (χ0v) is 10.4. The van der Waals surface area contributed by atoms with Crippen LogP contribution in [0, 0.1) is 18.7 Å². The van der Waals surface area contributed by atoms with Crippen LogP contribution in [0.15, 0.2) is 18.2 Å². The number of aryl methyl sites for hydroxylation is 1. The molecule has 0 spiro atoms. The Labute approximate surface area is 102 Å². The van der Waals surface area contributed by atoms with Gasteiger partial charge >= 0.3 is 0 Å². The Bertz CT molecular complexity index is 390. The summed E-state index contributed by atoms with van der Waals surface area (Å²) in [6.45, 7) is 4.56. The van der Waals surface area contributed by atoms with E-state index in [1.807, 2.05) is 13.8 Å². The Balaban J connectivity index is 2.18. The van der Waals surface area contributed by atoms with Crippen molar-refractivity contribution in [2.45, 2.75) is 38.8 Å². The molecule has 2 unspecified atom stereocenters. The van der Waals surface area contributed by atoms with Gasteiger partial charge in [-0.3, -0.25) is 0 Å². The van der Waals surface area contributed by atoms with Crippen LogP contribution in [0.4, 0.5) is 4.39 Å². The maximum absolute atomic E-state index is 13.1. The second-order valence-corrected chi connectivity index (χ2v) is 4.78. The first kappa shape index (κ1) is 12.5. The summed E-state index contributed by atoms with van der Waals surface area (Å²) in [5.74, 6) is 0.368. The van der Waals surface area contributed by atoms with Crippen molar-refractivity contribution in [2.24, 2.45) is 11.7 Å². The van der Waals surface area contributed by atoms with Gasteiger partial charge < -0.3 is 10.5 Å². The van der Waals surface area contributed by atoms with Crippen LogP contribution >= 0.6 is 0 Å². The average Bonchev–Trinajstić information content (AvgIpc) is 3.09. The first-order valence-corrected chi connectivity index (χ1v) is 6.26. The predicted octanol–water partition coefficient (Wildman–Crippen LogP) is 2.95. The summed E-state index contributed by atoms with van der Waals surface area (Å²) >= 11 is 0. The highest BCUT2D eigenvalue weighted by molar-refractivity contribution is 5.30. The highest BCUT2D eigenvalue weighted by Gasteiger charge is 2.36. The van der Waals surface area contributed by atoms with Gasteiger partial charge in [0.05, 0.1) is 12.1 Å². The van der Waals surface area contributed by atoms with E-state index in [-0.39, 0.29) is 18.0 Å². The molecule has 1 aromatic rings. The second kappa shape index (κ2) is 5.15. The topological polar surface area (TPSA) is 35.2 Å². The van der Waals surface area contributed by atoms with E-state index >= 15 is 0 Å². The van der Waals surface area contributed by atoms with Crippen molar-refractivity contribution >= 4 is 0 Å². The summed E-state index contributed by atoms with van der Waals surface area (Å²) in [6, 6.07) is 4.63. The molecule has 2 nitrogen and oxygen atoms in total. The number of hydrogen-bond acceptors (Lipinski definition) is 2. The molecule has 1 saturated carbocycles. The predicted molar refractivity (Wildman–Crippen MR) is 66.2 cm³/mol. The molecule has 1 aliphatic carbocycles. The van der Waals surface area contributed by atoms with Crippen LogP contribution < -0.4 is 5.73 Å². The molecule has 0 heterocycles. The molecule has 1 aliphatic rings. The fourth-order valence-corrected chi connectivity index (χ4v) is 2.34. The Morgan fingerprint density at radius 3 is 2.71 bits per heavy atom. The second-order valence-electron chi connectivity index (χ2n) is 4.78. The molecule has 0 bridgehead atoms. The maximum Gasteiger partial charge on any atom is 0.123 e. The molecular weight excluding hydrogens is 217 g/mol. The summed E-state index contributed by atoms with van der Waals surface area (Å²) in [4.78, 5) is 0. The molecule has 1 aromatic carbocycles. The van der Waals surface area contributed by atoms with E-state index in [4.69, 9.17) is 10.5 Å². The van der Waals surface area contributed by atoms with Crippen molar-refractivity contribution in [2.75, 3.05) is 6.61 Å². The van der Waals surface area contributed by atoms with E-state index in [9.17, 15) is 4.39 Å². The number of benzene rings is 1. The van der Waals surface area contributed by atoms with Crippen LogP contribution in [-0.2, 0) is 4.74 Å². The molecule has 1 fully saturated rings. The number of hydrogen-bond donors (Lipinski definition) is 1. The van der Waals surface area contributed by atoms with Crippen molar-refractivity contribution in [1.29, 1.82) is 0 Å². The first-order chi connectivity index (χ1) is 8.13. The largest absolute Gasteiger partial charge is 0.376 e. The maximum atomic E-state index is 13.1. The fourth-order valence-electron chi connectivity index (χ4n) is 2.34. The molecule has 0 radical (unpaired) electrons. The molecular formula is C14H20FNO. The van der Waals surface area contributed by atoms with Gasteiger partial charge in [0.2, 0.25) is 0 Å². The molecule has 94 valence electrons. The highest BCUT2D eigenvalue weighted by Crippen LogP contribution is 2.39. The Hall–Kier alpha value is -0.930. The lowest BCUT2D eigenvalue weighted by molar-refractivity contribution is 0.0281. The van der Waals surface area contributed by atoms with Crippen molar-refractivity contribution in [1.82, 2.24) is 0 Å². The lowest BCUT2D eigenvalue weighted by Gasteiger charge is -2.25. The molecule has 0 aromatic heterocycles. The van der Waals surface area contributed by atoms with E-state index in [2.05, 4.69) is 0 Å². The molecule has 17 heavy (non-hydrogen) atoms. The molecule has 0 aliphatic heterocycles. The van der Waals surface area contributed by atoms with Gasteiger partial charge in [0.15, 0.2) is 0 Å². The van der Waals surface area contributed by atoms with Gasteiger partial charge in [0, 0.05) is 6.61 Å².